The molecule has 20 heavy (non-hydrogen) atoms. The number of halogens is 1. The van der Waals surface area contributed by atoms with Crippen molar-refractivity contribution in [1.29, 1.82) is 0 Å². The molecule has 2 atom stereocenters. The second kappa shape index (κ2) is 7.29. The lowest BCUT2D eigenvalue weighted by molar-refractivity contribution is 0.177. The molecule has 0 bridgehead atoms. The van der Waals surface area contributed by atoms with Crippen molar-refractivity contribution >= 4 is 15.9 Å². The Bertz CT molecular complexity index is 447. The van der Waals surface area contributed by atoms with Crippen LogP contribution in [0.15, 0.2) is 16.6 Å². The molecule has 0 spiro atoms. The van der Waals surface area contributed by atoms with E-state index in [0.29, 0.717) is 5.92 Å². The predicted octanol–water partition coefficient (Wildman–Crippen LogP) is 3.15. The van der Waals surface area contributed by atoms with Gasteiger partial charge < -0.3 is 19.5 Å². The normalized spacial score (nSPS) is 19.9. The molecule has 1 aromatic rings. The molecule has 0 aliphatic carbocycles. The number of hydrogen-bond acceptors (Lipinski definition) is 4. The molecule has 2 unspecified atom stereocenters. The second-order valence-electron chi connectivity index (χ2n) is 4.89. The molecule has 1 N–H and O–H groups in total. The highest BCUT2D eigenvalue weighted by molar-refractivity contribution is 9.10. The first-order valence-electron chi connectivity index (χ1n) is 6.93. The van der Waals surface area contributed by atoms with Gasteiger partial charge in [0.15, 0.2) is 11.5 Å². The zero-order chi connectivity index (χ0) is 14.5. The van der Waals surface area contributed by atoms with Gasteiger partial charge in [0.2, 0.25) is 0 Å². The Morgan fingerprint density at radius 2 is 2.05 bits per heavy atom. The Balaban J connectivity index is 2.36. The number of hydrogen-bond donors (Lipinski definition) is 1. The zero-order valence-electron chi connectivity index (χ0n) is 12.2. The number of rotatable bonds is 6. The summed E-state index contributed by atoms with van der Waals surface area (Å²) < 4.78 is 17.3. The van der Waals surface area contributed by atoms with Crippen molar-refractivity contribution in [2.45, 2.75) is 19.4 Å². The monoisotopic (exact) mass is 343 g/mol. The molecular formula is C15H22BrNO3. The summed E-state index contributed by atoms with van der Waals surface area (Å²) in [5.74, 6) is 1.98. The molecule has 112 valence electrons. The van der Waals surface area contributed by atoms with Gasteiger partial charge in [-0.2, -0.15) is 0 Å². The van der Waals surface area contributed by atoms with Crippen LogP contribution in [-0.2, 0) is 4.74 Å². The maximum atomic E-state index is 5.54. The Morgan fingerprint density at radius 1 is 1.35 bits per heavy atom. The predicted molar refractivity (Wildman–Crippen MR) is 82.6 cm³/mol. The molecule has 1 heterocycles. The van der Waals surface area contributed by atoms with Crippen molar-refractivity contribution in [1.82, 2.24) is 5.32 Å². The Kier molecular flexibility index (Phi) is 5.69. The van der Waals surface area contributed by atoms with Crippen LogP contribution in [0.4, 0.5) is 0 Å². The molecule has 1 aliphatic rings. The van der Waals surface area contributed by atoms with Crippen LogP contribution in [0.25, 0.3) is 0 Å². The lowest BCUT2D eigenvalue weighted by Gasteiger charge is -2.25. The average Bonchev–Trinajstić information content (AvgIpc) is 2.98. The van der Waals surface area contributed by atoms with Crippen molar-refractivity contribution in [3.63, 3.8) is 0 Å². The van der Waals surface area contributed by atoms with E-state index in [9.17, 15) is 0 Å². The van der Waals surface area contributed by atoms with Gasteiger partial charge in [-0.3, -0.25) is 0 Å². The van der Waals surface area contributed by atoms with Gasteiger partial charge in [0.25, 0.3) is 0 Å². The van der Waals surface area contributed by atoms with Gasteiger partial charge in [-0.1, -0.05) is 22.9 Å². The van der Waals surface area contributed by atoms with Crippen LogP contribution in [-0.4, -0.2) is 34.0 Å². The first-order valence-corrected chi connectivity index (χ1v) is 7.73. The van der Waals surface area contributed by atoms with Crippen LogP contribution in [0.5, 0.6) is 11.5 Å². The summed E-state index contributed by atoms with van der Waals surface area (Å²) in [5.41, 5.74) is 1.19. The molecule has 1 fully saturated rings. The van der Waals surface area contributed by atoms with Crippen molar-refractivity contribution in [2.75, 3.05) is 34.0 Å². The summed E-state index contributed by atoms with van der Waals surface area (Å²) >= 11 is 3.65. The highest BCUT2D eigenvalue weighted by Gasteiger charge is 2.28. The average molecular weight is 344 g/mol. The SMILES string of the molecule is CCNC(c1cc(OC)c(OC)cc1Br)C1CCOC1. The summed E-state index contributed by atoms with van der Waals surface area (Å²) in [5, 5.41) is 3.56. The van der Waals surface area contributed by atoms with E-state index >= 15 is 0 Å². The third kappa shape index (κ3) is 3.27. The van der Waals surface area contributed by atoms with E-state index in [4.69, 9.17) is 14.2 Å². The van der Waals surface area contributed by atoms with Crippen LogP contribution >= 0.6 is 15.9 Å². The van der Waals surface area contributed by atoms with Gasteiger partial charge in [0, 0.05) is 23.0 Å². The summed E-state index contributed by atoms with van der Waals surface area (Å²) in [7, 11) is 3.31. The van der Waals surface area contributed by atoms with Gasteiger partial charge in [0.05, 0.1) is 20.8 Å². The number of nitrogens with one attached hydrogen (secondary N) is 1. The zero-order valence-corrected chi connectivity index (χ0v) is 13.8. The van der Waals surface area contributed by atoms with Gasteiger partial charge >= 0.3 is 0 Å². The summed E-state index contributed by atoms with van der Waals surface area (Å²) in [6, 6.07) is 4.28. The quantitative estimate of drug-likeness (QED) is 0.861. The number of ether oxygens (including phenoxy) is 3. The topological polar surface area (TPSA) is 39.7 Å². The lowest BCUT2D eigenvalue weighted by Crippen LogP contribution is -2.29. The Morgan fingerprint density at radius 3 is 2.60 bits per heavy atom. The van der Waals surface area contributed by atoms with Crippen LogP contribution in [0.2, 0.25) is 0 Å². The van der Waals surface area contributed by atoms with Crippen molar-refractivity contribution in [3.05, 3.63) is 22.2 Å². The smallest absolute Gasteiger partial charge is 0.161 e. The molecular weight excluding hydrogens is 322 g/mol. The molecule has 1 aromatic carbocycles. The minimum atomic E-state index is 0.261. The van der Waals surface area contributed by atoms with E-state index in [1.807, 2.05) is 6.07 Å². The second-order valence-corrected chi connectivity index (χ2v) is 5.74. The van der Waals surface area contributed by atoms with Crippen molar-refractivity contribution in [3.8, 4) is 11.5 Å². The molecule has 0 aromatic heterocycles. The minimum Gasteiger partial charge on any atom is -0.493 e. The summed E-state index contributed by atoms with van der Waals surface area (Å²) in [6.45, 7) is 4.69. The minimum absolute atomic E-state index is 0.261. The molecule has 0 amide bonds. The van der Waals surface area contributed by atoms with E-state index < -0.39 is 0 Å². The number of methoxy groups -OCH3 is 2. The van der Waals surface area contributed by atoms with Gasteiger partial charge in [0.1, 0.15) is 0 Å². The van der Waals surface area contributed by atoms with Gasteiger partial charge in [-0.15, -0.1) is 0 Å². The maximum absolute atomic E-state index is 5.54. The van der Waals surface area contributed by atoms with E-state index in [-0.39, 0.29) is 6.04 Å². The fraction of sp³-hybridized carbons (Fsp3) is 0.600. The number of benzene rings is 1. The standard InChI is InChI=1S/C15H22BrNO3/c1-4-17-15(10-5-6-20-9-10)11-7-13(18-2)14(19-3)8-12(11)16/h7-8,10,15,17H,4-6,9H2,1-3H3. The Hall–Kier alpha value is -0.780. The molecule has 0 saturated carbocycles. The third-order valence-corrected chi connectivity index (χ3v) is 4.39. The summed E-state index contributed by atoms with van der Waals surface area (Å²) in [4.78, 5) is 0. The molecule has 1 aliphatic heterocycles. The van der Waals surface area contributed by atoms with Crippen molar-refractivity contribution < 1.29 is 14.2 Å². The summed E-state index contributed by atoms with van der Waals surface area (Å²) in [6.07, 6.45) is 1.08. The van der Waals surface area contributed by atoms with Crippen LogP contribution in [0.3, 0.4) is 0 Å². The molecule has 2 rings (SSSR count). The highest BCUT2D eigenvalue weighted by Crippen LogP contribution is 2.39. The Labute approximate surface area is 128 Å². The van der Waals surface area contributed by atoms with E-state index in [1.54, 1.807) is 14.2 Å². The fourth-order valence-corrected chi connectivity index (χ4v) is 3.24. The third-order valence-electron chi connectivity index (χ3n) is 3.70. The molecule has 4 nitrogen and oxygen atoms in total. The molecule has 1 saturated heterocycles. The first-order chi connectivity index (χ1) is 9.71. The maximum Gasteiger partial charge on any atom is 0.161 e. The largest absolute Gasteiger partial charge is 0.493 e. The van der Waals surface area contributed by atoms with Crippen molar-refractivity contribution in [2.24, 2.45) is 5.92 Å². The van der Waals surface area contributed by atoms with Crippen LogP contribution in [0.1, 0.15) is 24.9 Å². The van der Waals surface area contributed by atoms with E-state index in [0.717, 1.165) is 42.2 Å². The van der Waals surface area contributed by atoms with E-state index in [1.165, 1.54) is 5.56 Å². The highest BCUT2D eigenvalue weighted by atomic mass is 79.9. The van der Waals surface area contributed by atoms with Crippen LogP contribution < -0.4 is 14.8 Å². The first kappa shape index (κ1) is 15.6. The fourth-order valence-electron chi connectivity index (χ4n) is 2.67. The lowest BCUT2D eigenvalue weighted by atomic mass is 9.92. The van der Waals surface area contributed by atoms with E-state index in [2.05, 4.69) is 34.2 Å². The van der Waals surface area contributed by atoms with Gasteiger partial charge in [-0.25, -0.2) is 0 Å². The molecule has 0 radical (unpaired) electrons. The van der Waals surface area contributed by atoms with Crippen LogP contribution in [0, 0.1) is 5.92 Å². The van der Waals surface area contributed by atoms with Gasteiger partial charge in [-0.05, 0) is 30.7 Å². The molecule has 5 heteroatoms.